The average molecular weight is 343 g/mol. The van der Waals surface area contributed by atoms with Gasteiger partial charge in [-0.2, -0.15) is 0 Å². The van der Waals surface area contributed by atoms with Crippen molar-refractivity contribution in [3.8, 4) is 0 Å². The highest BCUT2D eigenvalue weighted by Gasteiger charge is 2.24. The van der Waals surface area contributed by atoms with Crippen molar-refractivity contribution in [3.63, 3.8) is 0 Å². The van der Waals surface area contributed by atoms with Crippen molar-refractivity contribution < 1.29 is 4.74 Å². The molecule has 1 unspecified atom stereocenters. The minimum atomic E-state index is 0.243. The minimum Gasteiger partial charge on any atom is -0.383 e. The molecule has 1 aromatic carbocycles. The number of hydrogen-bond donors (Lipinski definition) is 1. The van der Waals surface area contributed by atoms with Gasteiger partial charge in [-0.1, -0.05) is 41.9 Å². The van der Waals surface area contributed by atoms with Crippen LogP contribution in [0, 0.1) is 0 Å². The van der Waals surface area contributed by atoms with Gasteiger partial charge in [0.2, 0.25) is 0 Å². The highest BCUT2D eigenvalue weighted by Crippen LogP contribution is 2.26. The fourth-order valence-corrected chi connectivity index (χ4v) is 3.14. The first-order valence-corrected chi connectivity index (χ1v) is 8.17. The summed E-state index contributed by atoms with van der Waals surface area (Å²) in [5.41, 5.74) is 7.35. The number of halogens is 1. The second-order valence-electron chi connectivity index (χ2n) is 5.01. The molecule has 0 amide bonds. The van der Waals surface area contributed by atoms with Gasteiger partial charge in [0.05, 0.1) is 6.61 Å². The van der Waals surface area contributed by atoms with Crippen LogP contribution in [0.15, 0.2) is 28.7 Å². The van der Waals surface area contributed by atoms with E-state index in [4.69, 9.17) is 10.5 Å². The summed E-state index contributed by atoms with van der Waals surface area (Å²) in [7, 11) is 1.75. The molecule has 0 fully saturated rings. The Balaban J connectivity index is 3.00. The fraction of sp³-hybridized carbons (Fsp3) is 0.625. The number of ether oxygens (including phenoxy) is 1. The summed E-state index contributed by atoms with van der Waals surface area (Å²) in [6, 6.07) is 9.23. The summed E-state index contributed by atoms with van der Waals surface area (Å²) in [4.78, 5) is 2.49. The van der Waals surface area contributed by atoms with Crippen LogP contribution in [0.5, 0.6) is 0 Å². The van der Waals surface area contributed by atoms with Crippen LogP contribution in [-0.4, -0.2) is 37.7 Å². The van der Waals surface area contributed by atoms with E-state index in [1.807, 2.05) is 6.07 Å². The molecule has 3 nitrogen and oxygen atoms in total. The van der Waals surface area contributed by atoms with Crippen LogP contribution in [0.4, 0.5) is 0 Å². The molecule has 1 aromatic rings. The minimum absolute atomic E-state index is 0.243. The number of nitrogens with zero attached hydrogens (tertiary/aromatic N) is 1. The highest BCUT2D eigenvalue weighted by atomic mass is 79.9. The normalized spacial score (nSPS) is 13.2. The monoisotopic (exact) mass is 342 g/mol. The van der Waals surface area contributed by atoms with Crippen LogP contribution in [0.25, 0.3) is 0 Å². The van der Waals surface area contributed by atoms with Crippen LogP contribution >= 0.6 is 15.9 Å². The maximum atomic E-state index is 6.08. The Morgan fingerprint density at radius 1 is 1.30 bits per heavy atom. The van der Waals surface area contributed by atoms with Crippen molar-refractivity contribution >= 4 is 15.9 Å². The maximum absolute atomic E-state index is 6.08. The molecule has 0 aliphatic carbocycles. The quantitative estimate of drug-likeness (QED) is 0.745. The van der Waals surface area contributed by atoms with E-state index in [9.17, 15) is 0 Å². The molecule has 0 spiro atoms. The van der Waals surface area contributed by atoms with Crippen LogP contribution < -0.4 is 5.73 Å². The molecule has 2 N–H and O–H groups in total. The lowest BCUT2D eigenvalue weighted by atomic mass is 10.0. The Labute approximate surface area is 131 Å². The number of hydrogen-bond acceptors (Lipinski definition) is 3. The van der Waals surface area contributed by atoms with Crippen molar-refractivity contribution in [2.75, 3.05) is 26.8 Å². The molecule has 4 heteroatoms. The molecule has 0 radical (unpaired) electrons. The summed E-state index contributed by atoms with van der Waals surface area (Å²) in [5, 5.41) is 0. The van der Waals surface area contributed by atoms with Gasteiger partial charge >= 0.3 is 0 Å². The number of nitrogens with two attached hydrogens (primary N) is 1. The van der Waals surface area contributed by atoms with Gasteiger partial charge in [-0.3, -0.25) is 4.90 Å². The zero-order valence-electron chi connectivity index (χ0n) is 12.8. The smallest absolute Gasteiger partial charge is 0.0590 e. The van der Waals surface area contributed by atoms with Crippen molar-refractivity contribution in [3.05, 3.63) is 34.3 Å². The van der Waals surface area contributed by atoms with Gasteiger partial charge < -0.3 is 10.5 Å². The number of benzene rings is 1. The molecule has 0 saturated heterocycles. The van der Waals surface area contributed by atoms with Crippen LogP contribution in [-0.2, 0) is 4.74 Å². The van der Waals surface area contributed by atoms with E-state index in [2.05, 4.69) is 52.9 Å². The first-order valence-electron chi connectivity index (χ1n) is 7.38. The van der Waals surface area contributed by atoms with Gasteiger partial charge in [-0.05, 0) is 30.5 Å². The molecule has 1 atom stereocenters. The van der Waals surface area contributed by atoms with Gasteiger partial charge in [0.25, 0.3) is 0 Å². The van der Waals surface area contributed by atoms with Gasteiger partial charge in [0.1, 0.15) is 0 Å². The lowest BCUT2D eigenvalue weighted by Crippen LogP contribution is -2.42. The Hall–Kier alpha value is -0.420. The standard InChI is InChI=1S/C16H27BrN2O/c1-4-15(5-2)19(9-10-20-3)16(12-18)13-7-6-8-14(17)11-13/h6-8,11,15-16H,4-5,9-10,12,18H2,1-3H3. The molecular weight excluding hydrogens is 316 g/mol. The molecule has 0 aliphatic heterocycles. The van der Waals surface area contributed by atoms with E-state index in [-0.39, 0.29) is 6.04 Å². The lowest BCUT2D eigenvalue weighted by molar-refractivity contribution is 0.0817. The van der Waals surface area contributed by atoms with E-state index in [1.165, 1.54) is 5.56 Å². The third-order valence-electron chi connectivity index (χ3n) is 3.82. The van der Waals surface area contributed by atoms with Crippen molar-refractivity contribution in [2.24, 2.45) is 5.73 Å². The van der Waals surface area contributed by atoms with E-state index in [0.717, 1.165) is 30.5 Å². The molecule has 0 heterocycles. The molecule has 0 bridgehead atoms. The van der Waals surface area contributed by atoms with Crippen molar-refractivity contribution in [1.82, 2.24) is 4.90 Å². The third kappa shape index (κ3) is 4.85. The predicted octanol–water partition coefficient (Wildman–Crippen LogP) is 3.59. The molecule has 1 rings (SSSR count). The SMILES string of the molecule is CCC(CC)N(CCOC)C(CN)c1cccc(Br)c1. The molecule has 114 valence electrons. The topological polar surface area (TPSA) is 38.5 Å². The van der Waals surface area contributed by atoms with Crippen LogP contribution in [0.3, 0.4) is 0 Å². The summed E-state index contributed by atoms with van der Waals surface area (Å²) in [6.45, 7) is 6.75. The summed E-state index contributed by atoms with van der Waals surface area (Å²) in [6.07, 6.45) is 2.26. The van der Waals surface area contributed by atoms with Crippen LogP contribution in [0.2, 0.25) is 0 Å². The largest absolute Gasteiger partial charge is 0.383 e. The third-order valence-corrected chi connectivity index (χ3v) is 4.32. The maximum Gasteiger partial charge on any atom is 0.0590 e. The Morgan fingerprint density at radius 2 is 2.00 bits per heavy atom. The molecule has 20 heavy (non-hydrogen) atoms. The summed E-state index contributed by atoms with van der Waals surface area (Å²) >= 11 is 3.55. The van der Waals surface area contributed by atoms with Crippen LogP contribution in [0.1, 0.15) is 38.3 Å². The van der Waals surface area contributed by atoms with Gasteiger partial charge in [0.15, 0.2) is 0 Å². The van der Waals surface area contributed by atoms with E-state index in [0.29, 0.717) is 12.6 Å². The van der Waals surface area contributed by atoms with Crippen molar-refractivity contribution in [2.45, 2.75) is 38.8 Å². The number of rotatable bonds is 9. The first kappa shape index (κ1) is 17.6. The second-order valence-corrected chi connectivity index (χ2v) is 5.92. The summed E-state index contributed by atoms with van der Waals surface area (Å²) in [5.74, 6) is 0. The predicted molar refractivity (Wildman–Crippen MR) is 88.9 cm³/mol. The highest BCUT2D eigenvalue weighted by molar-refractivity contribution is 9.10. The Morgan fingerprint density at radius 3 is 2.50 bits per heavy atom. The van der Waals surface area contributed by atoms with Crippen molar-refractivity contribution in [1.29, 1.82) is 0 Å². The Kier molecular flexibility index (Phi) is 8.38. The molecule has 0 aromatic heterocycles. The average Bonchev–Trinajstić information content (AvgIpc) is 2.46. The van der Waals surface area contributed by atoms with E-state index in [1.54, 1.807) is 7.11 Å². The molecular formula is C16H27BrN2O. The van der Waals surface area contributed by atoms with Gasteiger partial charge in [-0.25, -0.2) is 0 Å². The van der Waals surface area contributed by atoms with E-state index >= 15 is 0 Å². The Bertz CT molecular complexity index is 382. The second kappa shape index (κ2) is 9.50. The zero-order chi connectivity index (χ0) is 15.0. The molecule has 0 aliphatic rings. The first-order chi connectivity index (χ1) is 9.67. The summed E-state index contributed by atoms with van der Waals surface area (Å²) < 4.78 is 6.38. The van der Waals surface area contributed by atoms with Gasteiger partial charge in [0, 0.05) is 36.8 Å². The molecule has 0 saturated carbocycles. The lowest BCUT2D eigenvalue weighted by Gasteiger charge is -2.37. The fourth-order valence-electron chi connectivity index (χ4n) is 2.72. The zero-order valence-corrected chi connectivity index (χ0v) is 14.4. The van der Waals surface area contributed by atoms with Gasteiger partial charge in [-0.15, -0.1) is 0 Å². The van der Waals surface area contributed by atoms with E-state index < -0.39 is 0 Å². The number of methoxy groups -OCH3 is 1.